The molecule has 3 saturated carbocycles. The molecular weight excluding hydrogens is 482 g/mol. The van der Waals surface area contributed by atoms with Crippen molar-refractivity contribution in [2.45, 2.75) is 87.6 Å². The lowest BCUT2D eigenvalue weighted by Gasteiger charge is -2.47. The van der Waals surface area contributed by atoms with Crippen LogP contribution in [0.3, 0.4) is 0 Å². The van der Waals surface area contributed by atoms with Crippen molar-refractivity contribution in [1.82, 2.24) is 25.0 Å². The Morgan fingerprint density at radius 2 is 1.78 bits per heavy atom. The first kappa shape index (κ1) is 26.3. The average Bonchev–Trinajstić information content (AvgIpc) is 3.41. The highest BCUT2D eigenvalue weighted by Crippen LogP contribution is 2.40. The molecule has 2 heterocycles. The number of hydrogen-bond acceptors (Lipinski definition) is 7. The van der Waals surface area contributed by atoms with Gasteiger partial charge in [0.05, 0.1) is 17.3 Å². The van der Waals surface area contributed by atoms with Gasteiger partial charge < -0.3 is 9.64 Å². The second-order valence-electron chi connectivity index (χ2n) is 12.2. The van der Waals surface area contributed by atoms with Gasteiger partial charge in [-0.05, 0) is 70.6 Å². The Balaban J connectivity index is 1.18. The van der Waals surface area contributed by atoms with Crippen LogP contribution in [-0.2, 0) is 19.6 Å². The standard InChI is InChI=1S/C25H43N5O5S/c1-25(10-11-25)27-36(33,34)20-8-9-22-21(12-20)23(31)30(24(32)28(22)2)16-18-13-26-29(15-18)14-17-4-6-19(35-3)7-5-17/h17-22,26-27H,4-16H2,1-3H3. The van der Waals surface area contributed by atoms with Crippen molar-refractivity contribution in [1.29, 1.82) is 0 Å². The third-order valence-corrected chi connectivity index (χ3v) is 11.4. The number of carbonyl (C=O) groups is 2. The van der Waals surface area contributed by atoms with Crippen LogP contribution < -0.4 is 10.1 Å². The molecule has 3 aliphatic carbocycles. The summed E-state index contributed by atoms with van der Waals surface area (Å²) < 4.78 is 34.4. The van der Waals surface area contributed by atoms with Gasteiger partial charge in [-0.2, -0.15) is 0 Å². The van der Waals surface area contributed by atoms with Gasteiger partial charge in [0.2, 0.25) is 15.9 Å². The smallest absolute Gasteiger partial charge is 0.326 e. The van der Waals surface area contributed by atoms with Crippen LogP contribution in [0.4, 0.5) is 4.79 Å². The summed E-state index contributed by atoms with van der Waals surface area (Å²) in [7, 11) is 0.0482. The second kappa shape index (κ2) is 10.1. The van der Waals surface area contributed by atoms with E-state index >= 15 is 0 Å². The Hall–Kier alpha value is -1.27. The SMILES string of the molecule is COC1CCC(CN2CC(CN3C(=O)C4CC(S(=O)(=O)NC5(C)CC5)CCC4N(C)C3=O)CN2)CC1. The molecule has 10 nitrogen and oxygen atoms in total. The molecule has 4 unspecified atom stereocenters. The van der Waals surface area contributed by atoms with Crippen LogP contribution in [0.2, 0.25) is 0 Å². The molecule has 2 saturated heterocycles. The van der Waals surface area contributed by atoms with Crippen LogP contribution in [0.1, 0.15) is 64.7 Å². The van der Waals surface area contributed by atoms with Crippen molar-refractivity contribution in [3.8, 4) is 0 Å². The van der Waals surface area contributed by atoms with Gasteiger partial charge in [-0.1, -0.05) is 0 Å². The number of sulfonamides is 1. The normalized spacial score (nSPS) is 37.3. The highest BCUT2D eigenvalue weighted by molar-refractivity contribution is 7.90. The van der Waals surface area contributed by atoms with Crippen molar-refractivity contribution in [3.05, 3.63) is 0 Å². The zero-order valence-corrected chi connectivity index (χ0v) is 22.8. The summed E-state index contributed by atoms with van der Waals surface area (Å²) in [6.07, 6.45) is 7.94. The lowest BCUT2D eigenvalue weighted by Crippen LogP contribution is -2.63. The molecule has 204 valence electrons. The predicted molar refractivity (Wildman–Crippen MR) is 135 cm³/mol. The molecule has 0 bridgehead atoms. The Labute approximate surface area is 215 Å². The van der Waals surface area contributed by atoms with Gasteiger partial charge in [0.15, 0.2) is 0 Å². The summed E-state index contributed by atoms with van der Waals surface area (Å²) in [6, 6.07) is -0.466. The number of carbonyl (C=O) groups excluding carboxylic acids is 2. The maximum absolute atomic E-state index is 13.5. The van der Waals surface area contributed by atoms with Crippen molar-refractivity contribution < 1.29 is 22.7 Å². The lowest BCUT2D eigenvalue weighted by molar-refractivity contribution is -0.140. The monoisotopic (exact) mass is 525 g/mol. The summed E-state index contributed by atoms with van der Waals surface area (Å²) in [5, 5.41) is 1.67. The molecule has 3 amide bonds. The first-order valence-corrected chi connectivity index (χ1v) is 15.3. The fourth-order valence-electron chi connectivity index (χ4n) is 6.72. The molecule has 0 aromatic carbocycles. The largest absolute Gasteiger partial charge is 0.381 e. The highest BCUT2D eigenvalue weighted by atomic mass is 32.2. The van der Waals surface area contributed by atoms with Gasteiger partial charge in [0, 0.05) is 57.8 Å². The lowest BCUT2D eigenvalue weighted by atomic mass is 9.81. The number of hydrazine groups is 1. The molecular formula is C25H43N5O5S. The number of ether oxygens (including phenoxy) is 1. The molecule has 0 aromatic heterocycles. The van der Waals surface area contributed by atoms with E-state index in [1.807, 2.05) is 6.92 Å². The number of imide groups is 1. The van der Waals surface area contributed by atoms with Crippen LogP contribution in [-0.4, -0.2) is 98.4 Å². The summed E-state index contributed by atoms with van der Waals surface area (Å²) in [5.74, 6) is 0.145. The number of urea groups is 1. The van der Waals surface area contributed by atoms with Crippen LogP contribution >= 0.6 is 0 Å². The predicted octanol–water partition coefficient (Wildman–Crippen LogP) is 1.53. The quantitative estimate of drug-likeness (QED) is 0.494. The van der Waals surface area contributed by atoms with E-state index in [9.17, 15) is 18.0 Å². The minimum atomic E-state index is -3.50. The van der Waals surface area contributed by atoms with Gasteiger partial charge in [0.1, 0.15) is 0 Å². The van der Waals surface area contributed by atoms with E-state index in [0.29, 0.717) is 31.4 Å². The average molecular weight is 526 g/mol. The van der Waals surface area contributed by atoms with Crippen LogP contribution in [0, 0.1) is 17.8 Å². The van der Waals surface area contributed by atoms with E-state index < -0.39 is 21.2 Å². The highest BCUT2D eigenvalue weighted by Gasteiger charge is 2.51. The third-order valence-electron chi connectivity index (χ3n) is 9.34. The topological polar surface area (TPSA) is 111 Å². The van der Waals surface area contributed by atoms with E-state index in [0.717, 1.165) is 58.2 Å². The van der Waals surface area contributed by atoms with Gasteiger partial charge in [-0.15, -0.1) is 0 Å². The number of nitrogens with zero attached hydrogens (tertiary/aromatic N) is 3. The summed E-state index contributed by atoms with van der Waals surface area (Å²) in [6.45, 7) is 4.82. The zero-order valence-electron chi connectivity index (χ0n) is 21.9. The van der Waals surface area contributed by atoms with Crippen molar-refractivity contribution in [2.24, 2.45) is 17.8 Å². The number of fused-ring (bicyclic) bond motifs is 1. The molecule has 5 rings (SSSR count). The number of hydrogen-bond donors (Lipinski definition) is 2. The number of amides is 3. The van der Waals surface area contributed by atoms with Gasteiger partial charge in [-0.25, -0.2) is 22.9 Å². The Morgan fingerprint density at radius 3 is 2.44 bits per heavy atom. The summed E-state index contributed by atoms with van der Waals surface area (Å²) >= 11 is 0. The maximum Gasteiger partial charge on any atom is 0.326 e. The first-order chi connectivity index (χ1) is 17.1. The van der Waals surface area contributed by atoms with Crippen LogP contribution in [0.15, 0.2) is 0 Å². The molecule has 2 aliphatic heterocycles. The molecule has 11 heteroatoms. The molecule has 2 N–H and O–H groups in total. The van der Waals surface area contributed by atoms with Gasteiger partial charge >= 0.3 is 6.03 Å². The van der Waals surface area contributed by atoms with Crippen molar-refractivity contribution in [3.63, 3.8) is 0 Å². The van der Waals surface area contributed by atoms with Gasteiger partial charge in [0.25, 0.3) is 0 Å². The summed E-state index contributed by atoms with van der Waals surface area (Å²) in [4.78, 5) is 29.8. The Morgan fingerprint density at radius 1 is 1.06 bits per heavy atom. The van der Waals surface area contributed by atoms with E-state index in [-0.39, 0.29) is 35.9 Å². The van der Waals surface area contributed by atoms with Crippen LogP contribution in [0.5, 0.6) is 0 Å². The molecule has 5 aliphatic rings. The fourth-order valence-corrected chi connectivity index (χ4v) is 8.68. The van der Waals surface area contributed by atoms with E-state index in [2.05, 4.69) is 15.2 Å². The van der Waals surface area contributed by atoms with Crippen LogP contribution in [0.25, 0.3) is 0 Å². The molecule has 0 aromatic rings. The van der Waals surface area contributed by atoms with E-state index in [1.165, 1.54) is 4.90 Å². The Kier molecular flexibility index (Phi) is 7.41. The third kappa shape index (κ3) is 5.45. The minimum Gasteiger partial charge on any atom is -0.381 e. The van der Waals surface area contributed by atoms with Crippen molar-refractivity contribution in [2.75, 3.05) is 40.3 Å². The Bertz CT molecular complexity index is 948. The zero-order chi connectivity index (χ0) is 25.7. The number of rotatable bonds is 8. The van der Waals surface area contributed by atoms with Crippen molar-refractivity contribution >= 4 is 22.0 Å². The van der Waals surface area contributed by atoms with E-state index in [4.69, 9.17) is 4.74 Å². The number of methoxy groups -OCH3 is 1. The second-order valence-corrected chi connectivity index (χ2v) is 14.1. The number of nitrogens with one attached hydrogen (secondary N) is 2. The minimum absolute atomic E-state index is 0.165. The first-order valence-electron chi connectivity index (χ1n) is 13.7. The fraction of sp³-hybridized carbons (Fsp3) is 0.920. The van der Waals surface area contributed by atoms with E-state index in [1.54, 1.807) is 19.1 Å². The maximum atomic E-state index is 13.5. The molecule has 0 spiro atoms. The van der Waals surface area contributed by atoms with Gasteiger partial charge in [-0.3, -0.25) is 15.1 Å². The summed E-state index contributed by atoms with van der Waals surface area (Å²) in [5.41, 5.74) is 3.15. The molecule has 5 fully saturated rings. The molecule has 4 atom stereocenters. The molecule has 0 radical (unpaired) electrons. The molecule has 36 heavy (non-hydrogen) atoms.